The van der Waals surface area contributed by atoms with Crippen molar-refractivity contribution < 1.29 is 4.74 Å². The molecule has 1 aromatic rings. The van der Waals surface area contributed by atoms with E-state index in [2.05, 4.69) is 11.0 Å². The van der Waals surface area contributed by atoms with Crippen molar-refractivity contribution in [2.45, 2.75) is 0 Å². The molecule has 0 saturated carbocycles. The zero-order chi connectivity index (χ0) is 15.0. The average molecular weight is 273 g/mol. The molecule has 108 valence electrons. The summed E-state index contributed by atoms with van der Waals surface area (Å²) >= 11 is 0. The largest absolute Gasteiger partial charge is 0.494 e. The Morgan fingerprint density at radius 1 is 1.10 bits per heavy atom. The van der Waals surface area contributed by atoms with Crippen LogP contribution in [0.5, 0.6) is 0 Å². The van der Waals surface area contributed by atoms with E-state index in [1.54, 1.807) is 0 Å². The van der Waals surface area contributed by atoms with E-state index in [1.165, 1.54) is 0 Å². The first-order valence-corrected chi connectivity index (χ1v) is 6.65. The summed E-state index contributed by atoms with van der Waals surface area (Å²) in [4.78, 5) is 4.06. The van der Waals surface area contributed by atoms with Gasteiger partial charge < -0.3 is 14.5 Å². The predicted octanol–water partition coefficient (Wildman–Crippen LogP) is 2.06. The quantitative estimate of drug-likeness (QED) is 0.563. The third kappa shape index (κ3) is 5.43. The van der Waals surface area contributed by atoms with E-state index >= 15 is 0 Å². The van der Waals surface area contributed by atoms with Gasteiger partial charge >= 0.3 is 0 Å². The maximum atomic E-state index is 9.45. The molecule has 0 N–H and O–H groups in total. The second kappa shape index (κ2) is 8.36. The van der Waals surface area contributed by atoms with Crippen molar-refractivity contribution in [1.29, 1.82) is 5.26 Å². The zero-order valence-electron chi connectivity index (χ0n) is 12.8. The van der Waals surface area contributed by atoms with Crippen LogP contribution < -0.4 is 0 Å². The van der Waals surface area contributed by atoms with Crippen LogP contribution in [0.2, 0.25) is 0 Å². The van der Waals surface area contributed by atoms with Crippen molar-refractivity contribution in [3.63, 3.8) is 0 Å². The number of rotatable bonds is 7. The molecular formula is C16H23N3O. The fraction of sp³-hybridized carbons (Fsp3) is 0.438. The number of likely N-dealkylation sites (N-methyl/N-ethyl adjacent to an activating group) is 2. The molecular weight excluding hydrogens is 250 g/mol. The molecule has 4 nitrogen and oxygen atoms in total. The summed E-state index contributed by atoms with van der Waals surface area (Å²) in [5, 5.41) is 9.45. The van der Waals surface area contributed by atoms with Gasteiger partial charge in [0.05, 0.1) is 12.1 Å². The number of hydrogen-bond donors (Lipinski definition) is 0. The number of ether oxygens (including phenoxy) is 1. The summed E-state index contributed by atoms with van der Waals surface area (Å²) in [6.45, 7) is 2.02. The predicted molar refractivity (Wildman–Crippen MR) is 82.0 cm³/mol. The Morgan fingerprint density at radius 3 is 2.25 bits per heavy atom. The van der Waals surface area contributed by atoms with E-state index in [-0.39, 0.29) is 0 Å². The van der Waals surface area contributed by atoms with Gasteiger partial charge in [0.1, 0.15) is 18.4 Å². The van der Waals surface area contributed by atoms with Gasteiger partial charge in [0.2, 0.25) is 0 Å². The fourth-order valence-corrected chi connectivity index (χ4v) is 1.73. The fourth-order valence-electron chi connectivity index (χ4n) is 1.73. The van der Waals surface area contributed by atoms with E-state index in [4.69, 9.17) is 4.74 Å². The maximum Gasteiger partial charge on any atom is 0.128 e. The first-order valence-electron chi connectivity index (χ1n) is 6.65. The van der Waals surface area contributed by atoms with Crippen LogP contribution in [-0.4, -0.2) is 57.7 Å². The van der Waals surface area contributed by atoms with E-state index in [0.717, 1.165) is 17.9 Å². The molecule has 0 aliphatic carbocycles. The summed E-state index contributed by atoms with van der Waals surface area (Å²) in [5.41, 5.74) is 1.51. The van der Waals surface area contributed by atoms with Gasteiger partial charge in [0.15, 0.2) is 0 Å². The Bertz CT molecular complexity index is 472. The Morgan fingerprint density at radius 2 is 1.75 bits per heavy atom. The van der Waals surface area contributed by atoms with Crippen LogP contribution in [0.1, 0.15) is 5.56 Å². The van der Waals surface area contributed by atoms with E-state index in [0.29, 0.717) is 18.7 Å². The van der Waals surface area contributed by atoms with Crippen molar-refractivity contribution in [2.24, 2.45) is 0 Å². The molecule has 4 heteroatoms. The molecule has 0 radical (unpaired) electrons. The molecule has 0 saturated heterocycles. The summed E-state index contributed by atoms with van der Waals surface area (Å²) in [6, 6.07) is 11.9. The molecule has 1 aromatic carbocycles. The van der Waals surface area contributed by atoms with Gasteiger partial charge in [-0.1, -0.05) is 30.3 Å². The lowest BCUT2D eigenvalue weighted by Gasteiger charge is -2.18. The summed E-state index contributed by atoms with van der Waals surface area (Å²) in [5.74, 6) is 0.727. The normalized spacial score (nSPS) is 12.2. The van der Waals surface area contributed by atoms with Gasteiger partial charge in [-0.25, -0.2) is 0 Å². The highest BCUT2D eigenvalue weighted by Gasteiger charge is 2.12. The summed E-state index contributed by atoms with van der Waals surface area (Å²) < 4.78 is 5.85. The molecule has 1 rings (SSSR count). The molecule has 0 heterocycles. The van der Waals surface area contributed by atoms with Gasteiger partial charge in [-0.3, -0.25) is 0 Å². The molecule has 0 aliphatic rings. The summed E-state index contributed by atoms with van der Waals surface area (Å²) in [7, 11) is 7.94. The summed E-state index contributed by atoms with van der Waals surface area (Å²) in [6.07, 6.45) is 0. The van der Waals surface area contributed by atoms with E-state index in [9.17, 15) is 5.26 Å². The second-order valence-corrected chi connectivity index (χ2v) is 5.17. The Balaban J connectivity index is 2.98. The van der Waals surface area contributed by atoms with Crippen LogP contribution in [-0.2, 0) is 4.74 Å². The first-order chi connectivity index (χ1) is 9.54. The number of hydrogen-bond acceptors (Lipinski definition) is 4. The maximum absolute atomic E-state index is 9.45. The van der Waals surface area contributed by atoms with Gasteiger partial charge in [0, 0.05) is 6.54 Å². The molecule has 0 fully saturated rings. The SMILES string of the molecule is CN(C)CCO/C(CN(C)C)=C(\C#N)c1ccccc1. The van der Waals surface area contributed by atoms with Gasteiger partial charge in [-0.05, 0) is 33.8 Å². The zero-order valence-corrected chi connectivity index (χ0v) is 12.8. The van der Waals surface area contributed by atoms with Gasteiger partial charge in [-0.2, -0.15) is 5.26 Å². The second-order valence-electron chi connectivity index (χ2n) is 5.17. The van der Waals surface area contributed by atoms with Crippen LogP contribution in [0, 0.1) is 11.3 Å². The lowest BCUT2D eigenvalue weighted by atomic mass is 10.1. The minimum atomic E-state index is 0.578. The lowest BCUT2D eigenvalue weighted by Crippen LogP contribution is -2.22. The minimum absolute atomic E-state index is 0.578. The molecule has 0 atom stereocenters. The Labute approximate surface area is 121 Å². The number of benzene rings is 1. The Kier molecular flexibility index (Phi) is 6.78. The van der Waals surface area contributed by atoms with Gasteiger partial charge in [-0.15, -0.1) is 0 Å². The molecule has 0 bridgehead atoms. The highest BCUT2D eigenvalue weighted by molar-refractivity contribution is 5.78. The lowest BCUT2D eigenvalue weighted by molar-refractivity contribution is 0.167. The van der Waals surface area contributed by atoms with Crippen LogP contribution in [0.15, 0.2) is 36.1 Å². The third-order valence-corrected chi connectivity index (χ3v) is 2.73. The molecule has 20 heavy (non-hydrogen) atoms. The molecule has 0 aliphatic heterocycles. The molecule has 0 amide bonds. The number of allylic oxidation sites excluding steroid dienone is 1. The third-order valence-electron chi connectivity index (χ3n) is 2.73. The molecule has 0 aromatic heterocycles. The Hall–Kier alpha value is -1.83. The standard InChI is InChI=1S/C16H23N3O/c1-18(2)10-11-20-16(13-19(3)4)15(12-17)14-8-6-5-7-9-14/h5-9H,10-11,13H2,1-4H3/b16-15+. The minimum Gasteiger partial charge on any atom is -0.494 e. The van der Waals surface area contributed by atoms with Crippen LogP contribution >= 0.6 is 0 Å². The van der Waals surface area contributed by atoms with E-state index < -0.39 is 0 Å². The first kappa shape index (κ1) is 16.2. The van der Waals surface area contributed by atoms with Crippen LogP contribution in [0.4, 0.5) is 0 Å². The average Bonchev–Trinajstić information content (AvgIpc) is 2.39. The molecule has 0 unspecified atom stereocenters. The van der Waals surface area contributed by atoms with Gasteiger partial charge in [0.25, 0.3) is 0 Å². The number of nitriles is 1. The molecule has 0 spiro atoms. The van der Waals surface area contributed by atoms with E-state index in [1.807, 2.05) is 63.4 Å². The van der Waals surface area contributed by atoms with Crippen molar-refractivity contribution in [3.8, 4) is 6.07 Å². The highest BCUT2D eigenvalue weighted by atomic mass is 16.5. The smallest absolute Gasteiger partial charge is 0.128 e. The van der Waals surface area contributed by atoms with Crippen molar-refractivity contribution in [3.05, 3.63) is 41.7 Å². The van der Waals surface area contributed by atoms with Crippen LogP contribution in [0.25, 0.3) is 5.57 Å². The van der Waals surface area contributed by atoms with Crippen LogP contribution in [0.3, 0.4) is 0 Å². The van der Waals surface area contributed by atoms with Crippen molar-refractivity contribution in [2.75, 3.05) is 47.9 Å². The number of nitrogens with zero attached hydrogens (tertiary/aromatic N) is 3. The monoisotopic (exact) mass is 273 g/mol. The van der Waals surface area contributed by atoms with Crippen molar-refractivity contribution >= 4 is 5.57 Å². The topological polar surface area (TPSA) is 39.5 Å². The highest BCUT2D eigenvalue weighted by Crippen LogP contribution is 2.19. The van der Waals surface area contributed by atoms with Crippen molar-refractivity contribution in [1.82, 2.24) is 9.80 Å².